The van der Waals surface area contributed by atoms with E-state index in [-0.39, 0.29) is 16.0 Å². The smallest absolute Gasteiger partial charge is 0.228 e. The minimum Gasteiger partial charge on any atom is -0.494 e. The van der Waals surface area contributed by atoms with Crippen molar-refractivity contribution in [3.8, 4) is 5.75 Å². The van der Waals surface area contributed by atoms with Gasteiger partial charge in [-0.2, -0.15) is 0 Å². The first-order valence-electron chi connectivity index (χ1n) is 3.18. The first-order valence-corrected chi connectivity index (χ1v) is 3.98. The molecule has 4 heteroatoms. The second-order valence-electron chi connectivity index (χ2n) is 2.12. The number of ether oxygens (including phenoxy) is 1. The molecule has 0 atom stereocenters. The molecule has 0 spiro atoms. The van der Waals surface area contributed by atoms with E-state index in [9.17, 15) is 9.18 Å². The van der Waals surface area contributed by atoms with Gasteiger partial charge >= 0.3 is 0 Å². The summed E-state index contributed by atoms with van der Waals surface area (Å²) in [5, 5.41) is 0. The van der Waals surface area contributed by atoms with Gasteiger partial charge in [-0.05, 0) is 34.1 Å². The van der Waals surface area contributed by atoms with Crippen LogP contribution in [0.4, 0.5) is 4.39 Å². The molecule has 0 unspecified atom stereocenters. The lowest BCUT2D eigenvalue weighted by atomic mass is 10.2. The predicted molar refractivity (Wildman–Crippen MR) is 46.2 cm³/mol. The molecule has 0 aliphatic rings. The molecule has 0 radical (unpaired) electrons. The molecule has 0 heterocycles. The average Bonchev–Trinajstić information content (AvgIpc) is 2.04. The van der Waals surface area contributed by atoms with Gasteiger partial charge in [-0.3, -0.25) is 4.79 Å². The average molecular weight is 233 g/mol. The Morgan fingerprint density at radius 3 is 2.67 bits per heavy atom. The summed E-state index contributed by atoms with van der Waals surface area (Å²) in [5.74, 6) is -0.407. The van der Waals surface area contributed by atoms with Crippen LogP contribution in [0.3, 0.4) is 0 Å². The van der Waals surface area contributed by atoms with Gasteiger partial charge in [-0.15, -0.1) is 0 Å². The molecule has 0 aliphatic carbocycles. The molecular weight excluding hydrogens is 227 g/mol. The van der Waals surface area contributed by atoms with Crippen LogP contribution in [0.2, 0.25) is 0 Å². The molecular formula is C8H6BrFO2. The highest BCUT2D eigenvalue weighted by Crippen LogP contribution is 2.18. The standard InChI is InChI=1S/C8H6BrFO2/c1-12-7-3-2-5(8(9)11)4-6(7)10/h2-4H,1H3. The van der Waals surface area contributed by atoms with Crippen LogP contribution in [0.5, 0.6) is 5.75 Å². The van der Waals surface area contributed by atoms with Crippen LogP contribution in [0.1, 0.15) is 10.4 Å². The Kier molecular flexibility index (Phi) is 2.81. The third-order valence-electron chi connectivity index (χ3n) is 1.38. The SMILES string of the molecule is COc1ccc(C(=O)Br)cc1F. The monoisotopic (exact) mass is 232 g/mol. The van der Waals surface area contributed by atoms with Gasteiger partial charge in [0.1, 0.15) is 0 Å². The van der Waals surface area contributed by atoms with Crippen molar-refractivity contribution >= 4 is 20.6 Å². The number of hydrogen-bond donors (Lipinski definition) is 0. The quantitative estimate of drug-likeness (QED) is 0.733. The molecule has 64 valence electrons. The predicted octanol–water partition coefficient (Wildman–Crippen LogP) is 2.37. The first kappa shape index (κ1) is 9.19. The molecule has 0 saturated carbocycles. The molecule has 0 aliphatic heterocycles. The van der Waals surface area contributed by atoms with Crippen molar-refractivity contribution in [2.75, 3.05) is 7.11 Å². The van der Waals surface area contributed by atoms with Crippen molar-refractivity contribution in [3.05, 3.63) is 29.6 Å². The maximum atomic E-state index is 12.9. The summed E-state index contributed by atoms with van der Waals surface area (Å²) in [7, 11) is 1.37. The zero-order valence-corrected chi connectivity index (χ0v) is 7.89. The summed E-state index contributed by atoms with van der Waals surface area (Å²) >= 11 is 2.72. The molecule has 0 fully saturated rings. The van der Waals surface area contributed by atoms with Crippen LogP contribution in [0, 0.1) is 5.82 Å². The highest BCUT2D eigenvalue weighted by atomic mass is 79.9. The van der Waals surface area contributed by atoms with Crippen molar-refractivity contribution in [1.29, 1.82) is 0 Å². The third kappa shape index (κ3) is 1.82. The lowest BCUT2D eigenvalue weighted by Crippen LogP contribution is -1.92. The van der Waals surface area contributed by atoms with E-state index >= 15 is 0 Å². The normalized spacial score (nSPS) is 9.58. The molecule has 0 bridgehead atoms. The maximum absolute atomic E-state index is 12.9. The number of carbonyl (C=O) groups excluding carboxylic acids is 1. The Balaban J connectivity index is 3.10. The van der Waals surface area contributed by atoms with Crippen LogP contribution in [-0.2, 0) is 0 Å². The van der Waals surface area contributed by atoms with Crippen molar-refractivity contribution < 1.29 is 13.9 Å². The molecule has 0 amide bonds. The number of hydrogen-bond acceptors (Lipinski definition) is 2. The van der Waals surface area contributed by atoms with Gasteiger partial charge in [-0.1, -0.05) is 0 Å². The lowest BCUT2D eigenvalue weighted by molar-refractivity contribution is 0.109. The van der Waals surface area contributed by atoms with Crippen molar-refractivity contribution in [3.63, 3.8) is 0 Å². The number of carbonyl (C=O) groups is 1. The molecule has 0 aromatic heterocycles. The van der Waals surface area contributed by atoms with Gasteiger partial charge in [0.15, 0.2) is 11.6 Å². The van der Waals surface area contributed by atoms with E-state index in [0.29, 0.717) is 0 Å². The van der Waals surface area contributed by atoms with Gasteiger partial charge < -0.3 is 4.74 Å². The van der Waals surface area contributed by atoms with Crippen LogP contribution in [0.15, 0.2) is 18.2 Å². The Hall–Kier alpha value is -0.900. The number of rotatable bonds is 2. The zero-order valence-electron chi connectivity index (χ0n) is 6.30. The van der Waals surface area contributed by atoms with Crippen molar-refractivity contribution in [2.24, 2.45) is 0 Å². The minimum absolute atomic E-state index is 0.132. The van der Waals surface area contributed by atoms with Crippen LogP contribution < -0.4 is 4.74 Å². The molecule has 0 saturated heterocycles. The summed E-state index contributed by atoms with van der Waals surface area (Å²) in [4.78, 5) is 10.7. The second-order valence-corrected chi connectivity index (χ2v) is 2.84. The molecule has 1 aromatic rings. The van der Waals surface area contributed by atoms with Crippen LogP contribution in [-0.4, -0.2) is 11.8 Å². The molecule has 1 aromatic carbocycles. The maximum Gasteiger partial charge on any atom is 0.228 e. The summed E-state index contributed by atoms with van der Waals surface area (Å²) in [5.41, 5.74) is 0.272. The highest BCUT2D eigenvalue weighted by molar-refractivity contribution is 9.18. The number of methoxy groups -OCH3 is 1. The highest BCUT2D eigenvalue weighted by Gasteiger charge is 2.06. The molecule has 12 heavy (non-hydrogen) atoms. The van der Waals surface area contributed by atoms with Gasteiger partial charge in [0.2, 0.25) is 4.69 Å². The Morgan fingerprint density at radius 2 is 2.25 bits per heavy atom. The Morgan fingerprint density at radius 1 is 1.58 bits per heavy atom. The largest absolute Gasteiger partial charge is 0.494 e. The molecule has 0 N–H and O–H groups in total. The topological polar surface area (TPSA) is 26.3 Å². The fraction of sp³-hybridized carbons (Fsp3) is 0.125. The number of benzene rings is 1. The van der Waals surface area contributed by atoms with Gasteiger partial charge in [0.05, 0.1) is 7.11 Å². The van der Waals surface area contributed by atoms with E-state index in [1.807, 2.05) is 0 Å². The van der Waals surface area contributed by atoms with Gasteiger partial charge in [0.25, 0.3) is 0 Å². The van der Waals surface area contributed by atoms with Crippen LogP contribution >= 0.6 is 15.9 Å². The van der Waals surface area contributed by atoms with E-state index in [1.54, 1.807) is 0 Å². The first-order chi connectivity index (χ1) is 5.65. The van der Waals surface area contributed by atoms with E-state index in [1.165, 1.54) is 19.2 Å². The Bertz CT molecular complexity index is 312. The third-order valence-corrected chi connectivity index (χ3v) is 1.84. The van der Waals surface area contributed by atoms with Gasteiger partial charge in [-0.25, -0.2) is 4.39 Å². The second kappa shape index (κ2) is 3.67. The zero-order chi connectivity index (χ0) is 9.14. The fourth-order valence-electron chi connectivity index (χ4n) is 0.789. The van der Waals surface area contributed by atoms with Crippen LogP contribution in [0.25, 0.3) is 0 Å². The molecule has 1 rings (SSSR count). The summed E-state index contributed by atoms with van der Waals surface area (Å²) in [6.45, 7) is 0. The van der Waals surface area contributed by atoms with E-state index in [2.05, 4.69) is 20.7 Å². The van der Waals surface area contributed by atoms with E-state index < -0.39 is 5.82 Å². The molecule has 2 nitrogen and oxygen atoms in total. The fourth-order valence-corrected chi connectivity index (χ4v) is 1.04. The summed E-state index contributed by atoms with van der Waals surface area (Å²) < 4.78 is 17.2. The summed E-state index contributed by atoms with van der Waals surface area (Å²) in [6, 6.07) is 4.01. The van der Waals surface area contributed by atoms with Crippen molar-refractivity contribution in [2.45, 2.75) is 0 Å². The lowest BCUT2D eigenvalue weighted by Gasteiger charge is -2.01. The summed E-state index contributed by atoms with van der Waals surface area (Å²) in [6.07, 6.45) is 0. The van der Waals surface area contributed by atoms with E-state index in [0.717, 1.165) is 6.07 Å². The number of halogens is 2. The Labute approximate surface area is 77.5 Å². The van der Waals surface area contributed by atoms with Crippen molar-refractivity contribution in [1.82, 2.24) is 0 Å². The van der Waals surface area contributed by atoms with Gasteiger partial charge in [0, 0.05) is 5.56 Å². The van der Waals surface area contributed by atoms with E-state index in [4.69, 9.17) is 0 Å². The minimum atomic E-state index is -0.539.